The van der Waals surface area contributed by atoms with E-state index in [-0.39, 0.29) is 0 Å². The molecule has 0 saturated heterocycles. The Morgan fingerprint density at radius 1 is 0.806 bits per heavy atom. The van der Waals surface area contributed by atoms with E-state index in [1.165, 1.54) is 39.0 Å². The maximum Gasteiger partial charge on any atom is 0.00612 e. The zero-order chi connectivity index (χ0) is 24.9. The van der Waals surface area contributed by atoms with Gasteiger partial charge in [0.05, 0.1) is 0 Å². The van der Waals surface area contributed by atoms with Crippen molar-refractivity contribution in [3.05, 3.63) is 143 Å². The zero-order valence-electron chi connectivity index (χ0n) is 21.9. The van der Waals surface area contributed by atoms with E-state index in [0.717, 1.165) is 19.3 Å². The Bertz CT molecular complexity index is 1300. The van der Waals surface area contributed by atoms with Crippen LogP contribution in [0.3, 0.4) is 0 Å². The van der Waals surface area contributed by atoms with E-state index < -0.39 is 0 Å². The average Bonchev–Trinajstić information content (AvgIpc) is 2.95. The van der Waals surface area contributed by atoms with Crippen LogP contribution >= 0.6 is 0 Å². The highest BCUT2D eigenvalue weighted by atomic mass is 14.3. The molecule has 2 aliphatic rings. The number of allylic oxidation sites excluding steroid dienone is 8. The summed E-state index contributed by atoms with van der Waals surface area (Å²) in [7, 11) is 0. The topological polar surface area (TPSA) is 0 Å². The van der Waals surface area contributed by atoms with E-state index in [0.29, 0.717) is 23.7 Å². The van der Waals surface area contributed by atoms with Crippen LogP contribution < -0.4 is 0 Å². The van der Waals surface area contributed by atoms with Gasteiger partial charge in [-0.05, 0) is 77.0 Å². The van der Waals surface area contributed by atoms with Gasteiger partial charge in [0.1, 0.15) is 0 Å². The first kappa shape index (κ1) is 24.3. The number of rotatable bonds is 7. The molecule has 5 rings (SSSR count). The second-order valence-electron chi connectivity index (χ2n) is 10.4. The summed E-state index contributed by atoms with van der Waals surface area (Å²) in [6.45, 7) is 6.93. The normalized spacial score (nSPS) is 20.7. The summed E-state index contributed by atoms with van der Waals surface area (Å²) in [5.41, 5.74) is 9.84. The van der Waals surface area contributed by atoms with Crippen molar-refractivity contribution >= 4 is 0 Å². The molecule has 0 aromatic heterocycles. The van der Waals surface area contributed by atoms with Gasteiger partial charge in [-0.15, -0.1) is 0 Å². The van der Waals surface area contributed by atoms with E-state index >= 15 is 0 Å². The minimum Gasteiger partial charge on any atom is -0.0836 e. The summed E-state index contributed by atoms with van der Waals surface area (Å²) < 4.78 is 0. The number of hydrogen-bond acceptors (Lipinski definition) is 0. The fourth-order valence-electron chi connectivity index (χ4n) is 6.02. The van der Waals surface area contributed by atoms with Crippen LogP contribution in [0.25, 0.3) is 11.1 Å². The molecule has 0 fully saturated rings. The summed E-state index contributed by atoms with van der Waals surface area (Å²) in [5, 5.41) is 0. The molecule has 0 heterocycles. The fraction of sp³-hybridized carbons (Fsp3) is 0.278. The first-order valence-corrected chi connectivity index (χ1v) is 13.6. The lowest BCUT2D eigenvalue weighted by molar-refractivity contribution is 0.491. The molecule has 0 amide bonds. The molecule has 2 aliphatic carbocycles. The smallest absolute Gasteiger partial charge is 0.00612 e. The highest BCUT2D eigenvalue weighted by molar-refractivity contribution is 5.72. The molecule has 0 saturated carbocycles. The van der Waals surface area contributed by atoms with Crippen molar-refractivity contribution in [3.63, 3.8) is 0 Å². The molecular formula is C36H38. The predicted octanol–water partition coefficient (Wildman–Crippen LogP) is 9.94. The third-order valence-corrected chi connectivity index (χ3v) is 8.24. The van der Waals surface area contributed by atoms with Crippen LogP contribution in [0.4, 0.5) is 0 Å². The molecule has 182 valence electrons. The van der Waals surface area contributed by atoms with Gasteiger partial charge in [-0.1, -0.05) is 129 Å². The summed E-state index contributed by atoms with van der Waals surface area (Å²) >= 11 is 0. The molecule has 0 aliphatic heterocycles. The van der Waals surface area contributed by atoms with Crippen molar-refractivity contribution in [2.24, 2.45) is 11.8 Å². The van der Waals surface area contributed by atoms with Crippen LogP contribution in [-0.4, -0.2) is 0 Å². The maximum absolute atomic E-state index is 2.50. The van der Waals surface area contributed by atoms with Gasteiger partial charge in [-0.25, -0.2) is 0 Å². The Hall–Kier alpha value is -3.38. The summed E-state index contributed by atoms with van der Waals surface area (Å²) in [4.78, 5) is 0. The molecule has 4 atom stereocenters. The summed E-state index contributed by atoms with van der Waals surface area (Å²) in [6.07, 6.45) is 19.8. The highest BCUT2D eigenvalue weighted by Crippen LogP contribution is 2.42. The second kappa shape index (κ2) is 11.1. The van der Waals surface area contributed by atoms with E-state index in [1.54, 1.807) is 0 Å². The van der Waals surface area contributed by atoms with Gasteiger partial charge >= 0.3 is 0 Å². The van der Waals surface area contributed by atoms with Crippen LogP contribution in [0.5, 0.6) is 0 Å². The van der Waals surface area contributed by atoms with E-state index in [2.05, 4.69) is 136 Å². The molecule has 0 spiro atoms. The standard InChI is InChI=1S/C36H38/c1-4-33(31-21-19-30(20-22-31)29-16-9-6-10-17-29)35-24-23-32(27(3)28-14-7-5-8-15-28)25-36(35)34-18-12-11-13-26(34)2/h5-16,18-21,23-25,27,29,31,33H,4,17,22H2,1-3H3. The van der Waals surface area contributed by atoms with E-state index in [4.69, 9.17) is 0 Å². The number of hydrogen-bond donors (Lipinski definition) is 0. The molecule has 0 heteroatoms. The first-order chi connectivity index (χ1) is 17.7. The predicted molar refractivity (Wildman–Crippen MR) is 155 cm³/mol. The third-order valence-electron chi connectivity index (χ3n) is 8.24. The monoisotopic (exact) mass is 470 g/mol. The van der Waals surface area contributed by atoms with Gasteiger partial charge in [0, 0.05) is 11.8 Å². The third kappa shape index (κ3) is 5.09. The van der Waals surface area contributed by atoms with E-state index in [1.807, 2.05) is 0 Å². The lowest BCUT2D eigenvalue weighted by Crippen LogP contribution is -2.15. The van der Waals surface area contributed by atoms with Gasteiger partial charge in [0.25, 0.3) is 0 Å². The Balaban J connectivity index is 1.50. The molecular weight excluding hydrogens is 432 g/mol. The quantitative estimate of drug-likeness (QED) is 0.322. The molecule has 0 nitrogen and oxygen atoms in total. The maximum atomic E-state index is 2.50. The van der Waals surface area contributed by atoms with Crippen molar-refractivity contribution in [3.8, 4) is 11.1 Å². The molecule has 0 bridgehead atoms. The minimum absolute atomic E-state index is 0.362. The van der Waals surface area contributed by atoms with Gasteiger partial charge in [0.2, 0.25) is 0 Å². The van der Waals surface area contributed by atoms with Crippen LogP contribution in [0, 0.1) is 18.8 Å². The zero-order valence-corrected chi connectivity index (χ0v) is 21.9. The lowest BCUT2D eigenvalue weighted by atomic mass is 9.75. The van der Waals surface area contributed by atoms with Crippen LogP contribution in [-0.2, 0) is 0 Å². The molecule has 3 aromatic rings. The molecule has 0 N–H and O–H groups in total. The minimum atomic E-state index is 0.362. The number of aryl methyl sites for hydroxylation is 1. The Kier molecular flexibility index (Phi) is 7.52. The molecule has 0 radical (unpaired) electrons. The van der Waals surface area contributed by atoms with Crippen molar-refractivity contribution in [1.29, 1.82) is 0 Å². The first-order valence-electron chi connectivity index (χ1n) is 13.6. The SMILES string of the molecule is CCC(c1ccc(C(C)c2ccccc2)cc1-c1ccccc1C)C1C=CC(C2C=CC=CC2)=CC1. The second-order valence-corrected chi connectivity index (χ2v) is 10.4. The largest absolute Gasteiger partial charge is 0.0836 e. The van der Waals surface area contributed by atoms with Gasteiger partial charge in [-0.2, -0.15) is 0 Å². The molecule has 3 aromatic carbocycles. The van der Waals surface area contributed by atoms with Crippen molar-refractivity contribution in [1.82, 2.24) is 0 Å². The van der Waals surface area contributed by atoms with Crippen molar-refractivity contribution < 1.29 is 0 Å². The Labute approximate surface area is 217 Å². The molecule has 4 unspecified atom stereocenters. The Morgan fingerprint density at radius 2 is 1.61 bits per heavy atom. The van der Waals surface area contributed by atoms with Crippen LogP contribution in [0.15, 0.2) is 121 Å². The highest BCUT2D eigenvalue weighted by Gasteiger charge is 2.26. The number of benzene rings is 3. The fourth-order valence-corrected chi connectivity index (χ4v) is 6.02. The summed E-state index contributed by atoms with van der Waals surface area (Å²) in [6, 6.07) is 27.1. The van der Waals surface area contributed by atoms with Gasteiger partial charge in [-0.3, -0.25) is 0 Å². The van der Waals surface area contributed by atoms with Crippen molar-refractivity contribution in [2.75, 3.05) is 0 Å². The Morgan fingerprint density at radius 3 is 2.31 bits per heavy atom. The van der Waals surface area contributed by atoms with Crippen LogP contribution in [0.2, 0.25) is 0 Å². The van der Waals surface area contributed by atoms with Gasteiger partial charge < -0.3 is 0 Å². The van der Waals surface area contributed by atoms with Crippen LogP contribution in [0.1, 0.15) is 67.2 Å². The summed E-state index contributed by atoms with van der Waals surface area (Å²) in [5.74, 6) is 1.92. The van der Waals surface area contributed by atoms with Crippen molar-refractivity contribution in [2.45, 2.75) is 51.9 Å². The average molecular weight is 471 g/mol. The van der Waals surface area contributed by atoms with Gasteiger partial charge in [0.15, 0.2) is 0 Å². The molecule has 36 heavy (non-hydrogen) atoms. The van der Waals surface area contributed by atoms with E-state index in [9.17, 15) is 0 Å². The lowest BCUT2D eigenvalue weighted by Gasteiger charge is -2.30.